The minimum absolute atomic E-state index is 0.0892. The number of fused-ring (bicyclic) bond motifs is 1. The summed E-state index contributed by atoms with van der Waals surface area (Å²) in [5, 5.41) is 3.99. The zero-order valence-corrected chi connectivity index (χ0v) is 21.1. The van der Waals surface area contributed by atoms with Crippen molar-refractivity contribution in [2.75, 3.05) is 23.1 Å². The summed E-state index contributed by atoms with van der Waals surface area (Å²) in [6.07, 6.45) is -0.974. The fourth-order valence-corrected chi connectivity index (χ4v) is 5.98. The number of nitrogens with zero attached hydrogens (tertiary/aromatic N) is 1. The molecule has 6 nitrogen and oxygen atoms in total. The van der Waals surface area contributed by atoms with Crippen LogP contribution in [0.1, 0.15) is 5.56 Å². The number of benzene rings is 3. The lowest BCUT2D eigenvalue weighted by atomic mass is 10.2. The van der Waals surface area contributed by atoms with Crippen molar-refractivity contribution in [1.82, 2.24) is 5.32 Å². The maximum atomic E-state index is 13.4. The molecule has 0 bridgehead atoms. The Kier molecular flexibility index (Phi) is 7.93. The van der Waals surface area contributed by atoms with E-state index in [4.69, 9.17) is 27.9 Å². The number of thioether (sulfide) groups is 1. The van der Waals surface area contributed by atoms with Gasteiger partial charge in [-0.25, -0.2) is 8.42 Å². The molecule has 0 spiro atoms. The normalized spacial score (nSPS) is 15.4. The Morgan fingerprint density at radius 3 is 2.35 bits per heavy atom. The van der Waals surface area contributed by atoms with E-state index in [1.54, 1.807) is 36.0 Å². The Morgan fingerprint density at radius 2 is 1.65 bits per heavy atom. The quantitative estimate of drug-likeness (QED) is 0.410. The zero-order chi connectivity index (χ0) is 24.1. The third-order valence-corrected chi connectivity index (χ3v) is 8.48. The summed E-state index contributed by atoms with van der Waals surface area (Å²) >= 11 is 13.5. The largest absolute Gasteiger partial charge is 0.476 e. The van der Waals surface area contributed by atoms with Crippen molar-refractivity contribution < 1.29 is 17.9 Å². The summed E-state index contributed by atoms with van der Waals surface area (Å²) in [4.78, 5) is 12.9. The highest BCUT2D eigenvalue weighted by Crippen LogP contribution is 2.37. The average Bonchev–Trinajstić information content (AvgIpc) is 2.84. The Morgan fingerprint density at radius 1 is 1.00 bits per heavy atom. The van der Waals surface area contributed by atoms with Gasteiger partial charge in [0.05, 0.1) is 17.1 Å². The molecular weight excluding hydrogens is 515 g/mol. The number of sulfonamides is 1. The standard InChI is InChI=1S/C24H22Cl2N2O4S2/c25-18-7-5-17(6-8-18)16-33-14-13-27-24(29)23-15-28(21-3-1-2-4-22(21)32-23)34(30,31)20-11-9-19(26)10-12-20/h1-12,23H,13-16H2,(H,27,29). The van der Waals surface area contributed by atoms with Gasteiger partial charge in [0.15, 0.2) is 6.10 Å². The molecule has 34 heavy (non-hydrogen) atoms. The molecule has 178 valence electrons. The van der Waals surface area contributed by atoms with E-state index in [0.29, 0.717) is 33.8 Å². The number of para-hydroxylation sites is 2. The molecule has 3 aromatic carbocycles. The highest BCUT2D eigenvalue weighted by molar-refractivity contribution is 7.98. The predicted molar refractivity (Wildman–Crippen MR) is 137 cm³/mol. The van der Waals surface area contributed by atoms with Crippen molar-refractivity contribution in [3.8, 4) is 5.75 Å². The van der Waals surface area contributed by atoms with E-state index in [1.165, 1.54) is 28.6 Å². The van der Waals surface area contributed by atoms with Gasteiger partial charge in [-0.2, -0.15) is 11.8 Å². The second-order valence-corrected chi connectivity index (χ2v) is 11.4. The van der Waals surface area contributed by atoms with Gasteiger partial charge in [0.2, 0.25) is 0 Å². The number of carbonyl (C=O) groups excluding carboxylic acids is 1. The molecule has 0 fully saturated rings. The van der Waals surface area contributed by atoms with Crippen LogP contribution in [0.25, 0.3) is 0 Å². The number of halogens is 2. The number of hydrogen-bond acceptors (Lipinski definition) is 5. The van der Waals surface area contributed by atoms with Gasteiger partial charge in [-0.15, -0.1) is 0 Å². The lowest BCUT2D eigenvalue weighted by molar-refractivity contribution is -0.127. The summed E-state index contributed by atoms with van der Waals surface area (Å²) in [7, 11) is -3.92. The summed E-state index contributed by atoms with van der Waals surface area (Å²) < 4.78 is 33.8. The van der Waals surface area contributed by atoms with Crippen molar-refractivity contribution in [3.63, 3.8) is 0 Å². The number of ether oxygens (including phenoxy) is 1. The van der Waals surface area contributed by atoms with E-state index in [1.807, 2.05) is 24.3 Å². The molecule has 0 aliphatic carbocycles. The van der Waals surface area contributed by atoms with Crippen LogP contribution >= 0.6 is 35.0 Å². The summed E-state index contributed by atoms with van der Waals surface area (Å²) in [5.41, 5.74) is 1.54. The van der Waals surface area contributed by atoms with Gasteiger partial charge in [0, 0.05) is 28.1 Å². The van der Waals surface area contributed by atoms with Gasteiger partial charge in [0.1, 0.15) is 5.75 Å². The van der Waals surface area contributed by atoms with Gasteiger partial charge in [-0.3, -0.25) is 9.10 Å². The Bertz CT molecular complexity index is 1250. The summed E-state index contributed by atoms with van der Waals surface area (Å²) in [5.74, 6) is 1.47. The van der Waals surface area contributed by atoms with Crippen LogP contribution < -0.4 is 14.4 Å². The second kappa shape index (κ2) is 10.9. The minimum Gasteiger partial charge on any atom is -0.476 e. The SMILES string of the molecule is O=C(NCCSCc1ccc(Cl)cc1)C1CN(S(=O)(=O)c2ccc(Cl)cc2)c2ccccc2O1. The Hall–Kier alpha value is -2.39. The smallest absolute Gasteiger partial charge is 0.264 e. The molecule has 0 radical (unpaired) electrons. The molecule has 0 saturated heterocycles. The predicted octanol–water partition coefficient (Wildman–Crippen LogP) is 5.00. The van der Waals surface area contributed by atoms with Crippen LogP contribution in [0.15, 0.2) is 77.7 Å². The number of carbonyl (C=O) groups is 1. The highest BCUT2D eigenvalue weighted by atomic mass is 35.5. The van der Waals surface area contributed by atoms with Crippen molar-refractivity contribution in [2.24, 2.45) is 0 Å². The van der Waals surface area contributed by atoms with Crippen molar-refractivity contribution in [3.05, 3.63) is 88.4 Å². The lowest BCUT2D eigenvalue weighted by Crippen LogP contribution is -2.51. The van der Waals surface area contributed by atoms with E-state index in [0.717, 1.165) is 11.3 Å². The number of rotatable bonds is 8. The first kappa shape index (κ1) is 24.7. The van der Waals surface area contributed by atoms with Crippen LogP contribution in [0.2, 0.25) is 10.0 Å². The van der Waals surface area contributed by atoms with Crippen LogP contribution in [0.3, 0.4) is 0 Å². The van der Waals surface area contributed by atoms with Crippen molar-refractivity contribution in [2.45, 2.75) is 16.8 Å². The fraction of sp³-hybridized carbons (Fsp3) is 0.208. The molecular formula is C24H22Cl2N2O4S2. The fourth-order valence-electron chi connectivity index (χ4n) is 3.43. The van der Waals surface area contributed by atoms with Crippen LogP contribution in [0.4, 0.5) is 5.69 Å². The number of anilines is 1. The lowest BCUT2D eigenvalue weighted by Gasteiger charge is -2.34. The first-order valence-electron chi connectivity index (χ1n) is 10.5. The molecule has 1 amide bonds. The van der Waals surface area contributed by atoms with Crippen molar-refractivity contribution in [1.29, 1.82) is 0 Å². The molecule has 1 N–H and O–H groups in total. The van der Waals surface area contributed by atoms with Crippen molar-refractivity contribution >= 4 is 56.6 Å². The number of amides is 1. The average molecular weight is 537 g/mol. The van der Waals surface area contributed by atoms with E-state index in [9.17, 15) is 13.2 Å². The van der Waals surface area contributed by atoms with Gasteiger partial charge in [-0.05, 0) is 54.1 Å². The molecule has 4 rings (SSSR count). The van der Waals surface area contributed by atoms with Crippen LogP contribution in [-0.4, -0.2) is 39.3 Å². The molecule has 0 aromatic heterocycles. The molecule has 1 atom stereocenters. The van der Waals surface area contributed by atoms with E-state index in [-0.39, 0.29) is 17.3 Å². The molecule has 3 aromatic rings. The molecule has 1 unspecified atom stereocenters. The monoisotopic (exact) mass is 536 g/mol. The van der Waals surface area contributed by atoms with E-state index < -0.39 is 16.1 Å². The zero-order valence-electron chi connectivity index (χ0n) is 18.0. The third-order valence-electron chi connectivity index (χ3n) is 5.16. The summed E-state index contributed by atoms with van der Waals surface area (Å²) in [6, 6.07) is 20.3. The first-order chi connectivity index (χ1) is 16.3. The van der Waals surface area contributed by atoms with Gasteiger partial charge >= 0.3 is 0 Å². The van der Waals surface area contributed by atoms with Crippen LogP contribution in [-0.2, 0) is 20.6 Å². The van der Waals surface area contributed by atoms with E-state index >= 15 is 0 Å². The maximum absolute atomic E-state index is 13.4. The van der Waals surface area contributed by atoms with Crippen LogP contribution in [0.5, 0.6) is 5.75 Å². The first-order valence-corrected chi connectivity index (χ1v) is 13.8. The van der Waals surface area contributed by atoms with Gasteiger partial charge in [-0.1, -0.05) is 47.5 Å². The molecule has 0 saturated carbocycles. The topological polar surface area (TPSA) is 75.7 Å². The Labute approximate surface area is 213 Å². The number of hydrogen-bond donors (Lipinski definition) is 1. The molecule has 1 aliphatic rings. The molecule has 10 heteroatoms. The maximum Gasteiger partial charge on any atom is 0.264 e. The third kappa shape index (κ3) is 5.81. The van der Waals surface area contributed by atoms with Gasteiger partial charge < -0.3 is 10.1 Å². The molecule has 1 heterocycles. The minimum atomic E-state index is -3.92. The second-order valence-electron chi connectivity index (χ2n) is 7.53. The van der Waals surface area contributed by atoms with Gasteiger partial charge in [0.25, 0.3) is 15.9 Å². The van der Waals surface area contributed by atoms with Crippen LogP contribution in [0, 0.1) is 0 Å². The van der Waals surface area contributed by atoms with E-state index in [2.05, 4.69) is 5.32 Å². The Balaban J connectivity index is 1.40. The number of nitrogens with one attached hydrogen (secondary N) is 1. The molecule has 1 aliphatic heterocycles. The summed E-state index contributed by atoms with van der Waals surface area (Å²) in [6.45, 7) is 0.300. The highest BCUT2D eigenvalue weighted by Gasteiger charge is 2.37.